The third-order valence-corrected chi connectivity index (χ3v) is 11.1. The molecule has 316 valence electrons. The Hall–Kier alpha value is -1.90. The van der Waals surface area contributed by atoms with Gasteiger partial charge in [-0.25, -0.2) is 4.57 Å². The Balaban J connectivity index is 4.59. The maximum absolute atomic E-state index is 12.9. The fraction of sp³-hybridized carbons (Fsp3) is 0.905. The molecule has 0 aromatic carbocycles. The van der Waals surface area contributed by atoms with Gasteiger partial charge in [-0.05, 0) is 44.1 Å². The van der Waals surface area contributed by atoms with Crippen LogP contribution in [0.3, 0.4) is 0 Å². The van der Waals surface area contributed by atoms with Gasteiger partial charge in [0.2, 0.25) is 0 Å². The fourth-order valence-corrected chi connectivity index (χ4v) is 7.04. The number of phosphoric ester groups is 1. The first kappa shape index (κ1) is 52.1. The molecular weight excluding hydrogens is 705 g/mol. The number of ether oxygens (including phenoxy) is 2. The standard InChI is InChI=1S/C42H80N3O8P/c1-5-7-9-11-13-15-17-19-21-23-25-27-29-31-33-35-41(46)52-39(37-44-45-43)40(38-51-54(48,49-3)50-4)53-42(47)36-34-32-30-28-26-24-22-20-18-16-14-12-10-8-6-2/h20,22,39-40H,5-19,21,23-38H2,1-4H3/b22-20-. The summed E-state index contributed by atoms with van der Waals surface area (Å²) in [5.74, 6) is -0.988. The molecule has 0 saturated carbocycles. The Labute approximate surface area is 330 Å². The smallest absolute Gasteiger partial charge is 0.458 e. The van der Waals surface area contributed by atoms with Gasteiger partial charge in [-0.15, -0.1) is 0 Å². The van der Waals surface area contributed by atoms with Gasteiger partial charge in [0.05, 0.1) is 13.2 Å². The molecule has 0 fully saturated rings. The summed E-state index contributed by atoms with van der Waals surface area (Å²) in [6.07, 6.45) is 36.0. The van der Waals surface area contributed by atoms with Gasteiger partial charge < -0.3 is 9.47 Å². The van der Waals surface area contributed by atoms with E-state index in [0.29, 0.717) is 12.8 Å². The van der Waals surface area contributed by atoms with Crippen LogP contribution in [0.1, 0.15) is 206 Å². The van der Waals surface area contributed by atoms with Crippen molar-refractivity contribution in [3.63, 3.8) is 0 Å². The number of phosphoric acid groups is 1. The zero-order chi connectivity index (χ0) is 39.8. The third-order valence-electron chi connectivity index (χ3n) is 9.78. The lowest BCUT2D eigenvalue weighted by molar-refractivity contribution is -0.170. The monoisotopic (exact) mass is 786 g/mol. The Bertz CT molecular complexity index is 1000. The van der Waals surface area contributed by atoms with E-state index in [9.17, 15) is 14.2 Å². The predicted molar refractivity (Wildman–Crippen MR) is 220 cm³/mol. The van der Waals surface area contributed by atoms with Crippen LogP contribution in [0.2, 0.25) is 0 Å². The number of carbonyl (C=O) groups excluding carboxylic acids is 2. The number of esters is 2. The van der Waals surface area contributed by atoms with Crippen molar-refractivity contribution in [2.24, 2.45) is 5.11 Å². The quantitative estimate of drug-likeness (QED) is 0.0113. The summed E-state index contributed by atoms with van der Waals surface area (Å²) in [4.78, 5) is 28.5. The van der Waals surface area contributed by atoms with Gasteiger partial charge in [0, 0.05) is 32.0 Å². The number of azide groups is 1. The van der Waals surface area contributed by atoms with Gasteiger partial charge in [0.1, 0.15) is 6.10 Å². The molecule has 54 heavy (non-hydrogen) atoms. The minimum atomic E-state index is -3.92. The highest BCUT2D eigenvalue weighted by Gasteiger charge is 2.33. The molecule has 0 aliphatic rings. The lowest BCUT2D eigenvalue weighted by Gasteiger charge is -2.27. The van der Waals surface area contributed by atoms with Crippen LogP contribution < -0.4 is 0 Å². The normalized spacial score (nSPS) is 12.8. The zero-order valence-electron chi connectivity index (χ0n) is 35.0. The van der Waals surface area contributed by atoms with Crippen LogP contribution in [0.5, 0.6) is 0 Å². The molecule has 2 atom stereocenters. The van der Waals surface area contributed by atoms with E-state index in [4.69, 9.17) is 28.6 Å². The van der Waals surface area contributed by atoms with Gasteiger partial charge in [-0.3, -0.25) is 23.2 Å². The van der Waals surface area contributed by atoms with E-state index >= 15 is 0 Å². The second kappa shape index (κ2) is 39.3. The van der Waals surface area contributed by atoms with Crippen LogP contribution in [0, 0.1) is 0 Å². The van der Waals surface area contributed by atoms with E-state index < -0.39 is 38.6 Å². The highest BCUT2D eigenvalue weighted by atomic mass is 31.2. The number of unbranched alkanes of at least 4 members (excludes halogenated alkanes) is 25. The van der Waals surface area contributed by atoms with Crippen molar-refractivity contribution in [1.82, 2.24) is 0 Å². The summed E-state index contributed by atoms with van der Waals surface area (Å²) in [6, 6.07) is 0. The number of carbonyl (C=O) groups is 2. The van der Waals surface area contributed by atoms with Crippen molar-refractivity contribution in [2.45, 2.75) is 219 Å². The maximum Gasteiger partial charge on any atom is 0.474 e. The summed E-state index contributed by atoms with van der Waals surface area (Å²) in [7, 11) is -1.57. The summed E-state index contributed by atoms with van der Waals surface area (Å²) in [6.45, 7) is 3.78. The summed E-state index contributed by atoms with van der Waals surface area (Å²) in [5, 5.41) is 3.58. The predicted octanol–water partition coefficient (Wildman–Crippen LogP) is 13.8. The molecule has 11 nitrogen and oxygen atoms in total. The maximum atomic E-state index is 12.9. The largest absolute Gasteiger partial charge is 0.474 e. The fourth-order valence-electron chi connectivity index (χ4n) is 6.35. The van der Waals surface area contributed by atoms with Crippen molar-refractivity contribution in [1.29, 1.82) is 0 Å². The lowest BCUT2D eigenvalue weighted by Crippen LogP contribution is -2.40. The number of allylic oxidation sites excluding steroid dienone is 2. The van der Waals surface area contributed by atoms with Crippen LogP contribution >= 0.6 is 7.82 Å². The molecule has 12 heteroatoms. The second-order valence-corrected chi connectivity index (χ2v) is 16.5. The second-order valence-electron chi connectivity index (χ2n) is 14.6. The highest BCUT2D eigenvalue weighted by molar-refractivity contribution is 7.48. The Morgan fingerprint density at radius 2 is 0.926 bits per heavy atom. The average Bonchev–Trinajstić information content (AvgIpc) is 3.17. The van der Waals surface area contributed by atoms with Gasteiger partial charge in [-0.2, -0.15) is 0 Å². The topological polar surface area (TPSA) is 146 Å². The number of hydrogen-bond donors (Lipinski definition) is 0. The van der Waals surface area contributed by atoms with Crippen molar-refractivity contribution in [2.75, 3.05) is 27.4 Å². The molecule has 0 aliphatic heterocycles. The average molecular weight is 786 g/mol. The first-order valence-electron chi connectivity index (χ1n) is 21.8. The van der Waals surface area contributed by atoms with E-state index in [2.05, 4.69) is 36.0 Å². The molecule has 0 N–H and O–H groups in total. The first-order chi connectivity index (χ1) is 26.4. The molecule has 0 aliphatic carbocycles. The van der Waals surface area contributed by atoms with Crippen LogP contribution in [-0.2, 0) is 37.2 Å². The molecule has 0 bridgehead atoms. The van der Waals surface area contributed by atoms with Crippen molar-refractivity contribution in [3.8, 4) is 0 Å². The molecule has 0 amide bonds. The summed E-state index contributed by atoms with van der Waals surface area (Å²) in [5.41, 5.74) is 8.99. The minimum Gasteiger partial charge on any atom is -0.458 e. The zero-order valence-corrected chi connectivity index (χ0v) is 35.9. The lowest BCUT2D eigenvalue weighted by atomic mass is 10.0. The van der Waals surface area contributed by atoms with E-state index in [1.165, 1.54) is 123 Å². The minimum absolute atomic E-state index is 0.169. The molecule has 0 saturated heterocycles. The molecule has 0 radical (unpaired) electrons. The SMILES string of the molecule is CCCCCCCC/C=C\CCCCCCCC(=O)OC(COP(=O)(OC)OC)C(CN=[N+]=[N-])OC(=O)CCCCCCCCCCCCCCCCC. The van der Waals surface area contributed by atoms with Crippen molar-refractivity contribution < 1.29 is 37.2 Å². The first-order valence-corrected chi connectivity index (χ1v) is 23.2. The van der Waals surface area contributed by atoms with Gasteiger partial charge >= 0.3 is 19.8 Å². The molecule has 0 spiro atoms. The highest BCUT2D eigenvalue weighted by Crippen LogP contribution is 2.47. The molecule has 0 heterocycles. The van der Waals surface area contributed by atoms with E-state index in [-0.39, 0.29) is 19.4 Å². The molecule has 0 aromatic heterocycles. The van der Waals surface area contributed by atoms with Crippen LogP contribution in [0.4, 0.5) is 0 Å². The summed E-state index contributed by atoms with van der Waals surface area (Å²) < 4.78 is 39.0. The van der Waals surface area contributed by atoms with Crippen molar-refractivity contribution >= 4 is 19.8 Å². The molecule has 0 rings (SSSR count). The van der Waals surface area contributed by atoms with E-state index in [0.717, 1.165) is 57.8 Å². The Morgan fingerprint density at radius 1 is 0.574 bits per heavy atom. The van der Waals surface area contributed by atoms with Crippen LogP contribution in [0.25, 0.3) is 10.4 Å². The molecule has 0 aromatic rings. The third kappa shape index (κ3) is 33.4. The Morgan fingerprint density at radius 3 is 1.30 bits per heavy atom. The van der Waals surface area contributed by atoms with E-state index in [1.807, 2.05) is 0 Å². The van der Waals surface area contributed by atoms with Gasteiger partial charge in [-0.1, -0.05) is 172 Å². The molecular formula is C42H80N3O8P. The van der Waals surface area contributed by atoms with Gasteiger partial charge in [0.25, 0.3) is 0 Å². The number of hydrogen-bond acceptors (Lipinski definition) is 9. The number of nitrogens with zero attached hydrogens (tertiary/aromatic N) is 3. The van der Waals surface area contributed by atoms with Crippen LogP contribution in [-0.4, -0.2) is 51.5 Å². The number of rotatable bonds is 41. The van der Waals surface area contributed by atoms with E-state index in [1.54, 1.807) is 0 Å². The summed E-state index contributed by atoms with van der Waals surface area (Å²) >= 11 is 0. The molecule has 2 unspecified atom stereocenters. The Kier molecular flexibility index (Phi) is 38.0. The van der Waals surface area contributed by atoms with Crippen molar-refractivity contribution in [3.05, 3.63) is 22.6 Å². The van der Waals surface area contributed by atoms with Gasteiger partial charge in [0.15, 0.2) is 6.10 Å². The van der Waals surface area contributed by atoms with Crippen LogP contribution in [0.15, 0.2) is 17.3 Å².